The van der Waals surface area contributed by atoms with Crippen molar-refractivity contribution >= 4 is 23.1 Å². The average molecular weight is 430 g/mol. The molecular weight excluding hydrogens is 403 g/mol. The summed E-state index contributed by atoms with van der Waals surface area (Å²) < 4.78 is 23.2. The normalized spacial score (nSPS) is 24.4. The van der Waals surface area contributed by atoms with Crippen molar-refractivity contribution in [1.82, 2.24) is 34.3 Å². The van der Waals surface area contributed by atoms with E-state index in [2.05, 4.69) is 37.4 Å². The molecule has 0 bridgehead atoms. The first-order chi connectivity index (χ1) is 14.9. The molecule has 31 heavy (non-hydrogen) atoms. The molecule has 0 saturated carbocycles. The van der Waals surface area contributed by atoms with E-state index in [1.807, 2.05) is 17.8 Å². The number of nitrogens with one attached hydrogen (secondary N) is 1. The molecule has 0 spiro atoms. The summed E-state index contributed by atoms with van der Waals surface area (Å²) in [6.07, 6.45) is 3.58. The highest BCUT2D eigenvalue weighted by Gasteiger charge is 2.32. The van der Waals surface area contributed by atoms with Crippen LogP contribution in [0.5, 0.6) is 5.88 Å². The van der Waals surface area contributed by atoms with Gasteiger partial charge in [0.2, 0.25) is 5.95 Å². The van der Waals surface area contributed by atoms with E-state index < -0.39 is 12.2 Å². The largest absolute Gasteiger partial charge is 0.478 e. The number of halogens is 1. The second kappa shape index (κ2) is 7.61. The molecule has 2 aliphatic rings. The van der Waals surface area contributed by atoms with E-state index >= 15 is 0 Å². The quantitative estimate of drug-likeness (QED) is 0.605. The number of methoxy groups -OCH3 is 1. The maximum absolute atomic E-state index is 14.0. The van der Waals surface area contributed by atoms with Gasteiger partial charge < -0.3 is 25.6 Å². The zero-order valence-corrected chi connectivity index (χ0v) is 17.9. The zero-order valence-electron chi connectivity index (χ0n) is 17.9. The number of hydrogen-bond acceptors (Lipinski definition) is 9. The lowest BCUT2D eigenvalue weighted by Crippen LogP contribution is -2.30. The van der Waals surface area contributed by atoms with Gasteiger partial charge in [0.15, 0.2) is 11.5 Å². The van der Waals surface area contributed by atoms with E-state index in [0.29, 0.717) is 35.5 Å². The Bertz CT molecular complexity index is 1090. The van der Waals surface area contributed by atoms with Crippen LogP contribution in [0.3, 0.4) is 0 Å². The van der Waals surface area contributed by atoms with Crippen LogP contribution in [0.15, 0.2) is 12.4 Å². The summed E-state index contributed by atoms with van der Waals surface area (Å²) in [5, 5.41) is 12.5. The highest BCUT2D eigenvalue weighted by atomic mass is 19.1. The number of aryl methyl sites for hydroxylation is 1. The summed E-state index contributed by atoms with van der Waals surface area (Å²) in [5.74, 6) is 1.37. The number of ether oxygens (including phenoxy) is 1. The van der Waals surface area contributed by atoms with Gasteiger partial charge in [-0.3, -0.25) is 4.68 Å². The number of rotatable bonds is 5. The minimum Gasteiger partial charge on any atom is -0.478 e. The number of anilines is 3. The Morgan fingerprint density at radius 3 is 2.77 bits per heavy atom. The smallest absolute Gasteiger partial charge is 0.256 e. The molecule has 5 rings (SSSR count). The molecule has 0 radical (unpaired) electrons. The van der Waals surface area contributed by atoms with E-state index in [4.69, 9.17) is 10.5 Å². The highest BCUT2D eigenvalue weighted by Crippen LogP contribution is 2.31. The third kappa shape index (κ3) is 3.55. The van der Waals surface area contributed by atoms with Gasteiger partial charge in [-0.2, -0.15) is 4.98 Å². The summed E-state index contributed by atoms with van der Waals surface area (Å²) in [7, 11) is 3.69. The van der Waals surface area contributed by atoms with E-state index in [0.717, 1.165) is 25.2 Å². The fourth-order valence-electron chi connectivity index (χ4n) is 4.20. The SMILES string of the molecule is COc1nn(C2CCN(C)C2)cc1Nc1nc(N2C[C@@H](N)[C@H](F)C2)nn2c(C)cnc12. The minimum absolute atomic E-state index is 0.163. The van der Waals surface area contributed by atoms with E-state index in [-0.39, 0.29) is 12.6 Å². The van der Waals surface area contributed by atoms with E-state index in [1.54, 1.807) is 22.7 Å². The van der Waals surface area contributed by atoms with Crippen molar-refractivity contribution in [2.24, 2.45) is 5.73 Å². The van der Waals surface area contributed by atoms with Gasteiger partial charge in [-0.05, 0) is 26.9 Å². The fraction of sp³-hybridized carbons (Fsp3) is 0.579. The van der Waals surface area contributed by atoms with Crippen molar-refractivity contribution in [1.29, 1.82) is 0 Å². The summed E-state index contributed by atoms with van der Waals surface area (Å²) >= 11 is 0. The fourth-order valence-corrected chi connectivity index (χ4v) is 4.20. The Morgan fingerprint density at radius 2 is 2.10 bits per heavy atom. The molecular formula is C19H27FN10O. The maximum atomic E-state index is 14.0. The second-order valence-corrected chi connectivity index (χ2v) is 8.34. The van der Waals surface area contributed by atoms with Crippen molar-refractivity contribution in [3.8, 4) is 5.88 Å². The summed E-state index contributed by atoms with van der Waals surface area (Å²) in [6, 6.07) is -0.265. The van der Waals surface area contributed by atoms with Gasteiger partial charge in [-0.25, -0.2) is 13.9 Å². The van der Waals surface area contributed by atoms with Crippen molar-refractivity contribution in [2.45, 2.75) is 31.6 Å². The van der Waals surface area contributed by atoms with Gasteiger partial charge in [-0.1, -0.05) is 0 Å². The van der Waals surface area contributed by atoms with Gasteiger partial charge >= 0.3 is 0 Å². The Balaban J connectivity index is 1.51. The molecule has 3 aromatic heterocycles. The van der Waals surface area contributed by atoms with Gasteiger partial charge in [0.05, 0.1) is 43.8 Å². The molecule has 2 saturated heterocycles. The van der Waals surface area contributed by atoms with Crippen molar-refractivity contribution in [3.63, 3.8) is 0 Å². The third-order valence-corrected chi connectivity index (χ3v) is 5.98. The Hall–Kier alpha value is -2.99. The summed E-state index contributed by atoms with van der Waals surface area (Å²) in [4.78, 5) is 13.1. The van der Waals surface area contributed by atoms with E-state index in [9.17, 15) is 4.39 Å². The topological polar surface area (TPSA) is 115 Å². The van der Waals surface area contributed by atoms with Gasteiger partial charge in [-0.15, -0.1) is 10.2 Å². The van der Waals surface area contributed by atoms with Crippen LogP contribution in [0.4, 0.5) is 21.8 Å². The molecule has 0 aliphatic carbocycles. The number of fused-ring (bicyclic) bond motifs is 1. The van der Waals surface area contributed by atoms with Crippen LogP contribution in [-0.2, 0) is 0 Å². The number of alkyl halides is 1. The molecule has 0 aromatic carbocycles. The van der Waals surface area contributed by atoms with Gasteiger partial charge in [0, 0.05) is 13.1 Å². The Kier molecular flexibility index (Phi) is 4.89. The predicted molar refractivity (Wildman–Crippen MR) is 114 cm³/mol. The molecule has 11 nitrogen and oxygen atoms in total. The lowest BCUT2D eigenvalue weighted by atomic mass is 10.3. The number of aromatic nitrogens is 6. The van der Waals surface area contributed by atoms with E-state index in [1.165, 1.54) is 0 Å². The lowest BCUT2D eigenvalue weighted by Gasteiger charge is -2.17. The highest BCUT2D eigenvalue weighted by molar-refractivity contribution is 5.73. The van der Waals surface area contributed by atoms with Crippen molar-refractivity contribution in [2.75, 3.05) is 50.6 Å². The minimum atomic E-state index is -1.11. The number of likely N-dealkylation sites (tertiary alicyclic amines) is 1. The molecule has 5 heterocycles. The molecule has 3 aromatic rings. The van der Waals surface area contributed by atoms with Crippen LogP contribution in [0.1, 0.15) is 18.2 Å². The molecule has 3 N–H and O–H groups in total. The summed E-state index contributed by atoms with van der Waals surface area (Å²) in [5.41, 5.74) is 7.96. The lowest BCUT2D eigenvalue weighted by molar-refractivity contribution is 0.333. The molecule has 12 heteroatoms. The van der Waals surface area contributed by atoms with Crippen molar-refractivity contribution < 1.29 is 9.13 Å². The third-order valence-electron chi connectivity index (χ3n) is 5.98. The first kappa shape index (κ1) is 19.9. The van der Waals surface area contributed by atoms with Crippen LogP contribution in [0.2, 0.25) is 0 Å². The molecule has 2 fully saturated rings. The zero-order chi connectivity index (χ0) is 21.7. The number of nitrogens with zero attached hydrogens (tertiary/aromatic N) is 8. The van der Waals surface area contributed by atoms with Crippen LogP contribution in [-0.4, -0.2) is 86.8 Å². The predicted octanol–water partition coefficient (Wildman–Crippen LogP) is 0.743. The van der Waals surface area contributed by atoms with Crippen LogP contribution in [0, 0.1) is 6.92 Å². The van der Waals surface area contributed by atoms with Crippen LogP contribution < -0.4 is 20.7 Å². The number of hydrogen-bond donors (Lipinski definition) is 2. The summed E-state index contributed by atoms with van der Waals surface area (Å²) in [6.45, 7) is 4.40. The standard InChI is InChI=1S/C19H27FN10O/c1-11-6-22-17-16(24-19(26-30(11)17)28-8-13(20)14(21)9-28)23-15-10-29(25-18(15)31-3)12-4-5-27(2)7-12/h6,10,12-14H,4-5,7-9,21H2,1-3H3,(H,23,24,26)/t12?,13-,14-/m1/s1. The number of likely N-dealkylation sites (N-methyl/N-ethyl adjacent to an activating group) is 1. The first-order valence-electron chi connectivity index (χ1n) is 10.4. The van der Waals surface area contributed by atoms with Crippen LogP contribution in [0.25, 0.3) is 5.65 Å². The molecule has 1 unspecified atom stereocenters. The Labute approximate surface area is 179 Å². The van der Waals surface area contributed by atoms with Crippen LogP contribution >= 0.6 is 0 Å². The molecule has 166 valence electrons. The first-order valence-corrected chi connectivity index (χ1v) is 10.4. The number of nitrogens with two attached hydrogens (primary N) is 1. The second-order valence-electron chi connectivity index (χ2n) is 8.34. The molecule has 0 amide bonds. The average Bonchev–Trinajstić information content (AvgIpc) is 3.51. The monoisotopic (exact) mass is 430 g/mol. The molecule has 2 aliphatic heterocycles. The van der Waals surface area contributed by atoms with Crippen molar-refractivity contribution in [3.05, 3.63) is 18.1 Å². The maximum Gasteiger partial charge on any atom is 0.256 e. The Morgan fingerprint density at radius 1 is 1.26 bits per heavy atom. The van der Waals surface area contributed by atoms with Gasteiger partial charge in [0.1, 0.15) is 11.9 Å². The number of imidazole rings is 1. The molecule has 3 atom stereocenters. The van der Waals surface area contributed by atoms with Gasteiger partial charge in [0.25, 0.3) is 5.88 Å².